The van der Waals surface area contributed by atoms with Crippen molar-refractivity contribution >= 4 is 5.91 Å². The maximum Gasteiger partial charge on any atom is 0.247 e. The van der Waals surface area contributed by atoms with Crippen molar-refractivity contribution < 1.29 is 13.6 Å². The number of rotatable bonds is 7. The van der Waals surface area contributed by atoms with Gasteiger partial charge in [-0.05, 0) is 17.7 Å². The minimum absolute atomic E-state index is 0.142. The molecule has 1 atom stereocenters. The molecule has 0 aliphatic carbocycles. The highest BCUT2D eigenvalue weighted by Gasteiger charge is 2.23. The van der Waals surface area contributed by atoms with Crippen LogP contribution in [-0.2, 0) is 11.3 Å². The van der Waals surface area contributed by atoms with Crippen LogP contribution >= 0.6 is 0 Å². The number of hydrogen-bond donors (Lipinski definition) is 1. The molecule has 0 spiro atoms. The molecule has 2 aromatic carbocycles. The molecule has 0 bridgehead atoms. The highest BCUT2D eigenvalue weighted by Crippen LogP contribution is 2.27. The molecule has 8 nitrogen and oxygen atoms in total. The van der Waals surface area contributed by atoms with Crippen LogP contribution in [0.15, 0.2) is 69.5 Å². The maximum atomic E-state index is 12.6. The highest BCUT2D eigenvalue weighted by molar-refractivity contribution is 5.77. The van der Waals surface area contributed by atoms with E-state index >= 15 is 0 Å². The molecule has 2 heterocycles. The summed E-state index contributed by atoms with van der Waals surface area (Å²) in [5, 5.41) is 18.8. The Morgan fingerprint density at radius 3 is 2.34 bits per heavy atom. The van der Waals surface area contributed by atoms with Gasteiger partial charge in [0.05, 0.1) is 12.5 Å². The Morgan fingerprint density at radius 1 is 0.931 bits per heavy atom. The van der Waals surface area contributed by atoms with Gasteiger partial charge in [0.2, 0.25) is 29.5 Å². The molecule has 1 amide bonds. The van der Waals surface area contributed by atoms with Gasteiger partial charge in [-0.2, -0.15) is 0 Å². The van der Waals surface area contributed by atoms with Gasteiger partial charge in [-0.1, -0.05) is 48.5 Å². The molecule has 1 N–H and O–H groups in total. The van der Waals surface area contributed by atoms with Gasteiger partial charge in [0, 0.05) is 18.9 Å². The van der Waals surface area contributed by atoms with Gasteiger partial charge < -0.3 is 14.2 Å². The van der Waals surface area contributed by atoms with Gasteiger partial charge in [-0.3, -0.25) is 4.79 Å². The Bertz CT molecular complexity index is 1080. The lowest BCUT2D eigenvalue weighted by molar-refractivity contribution is -0.121. The molecule has 146 valence electrons. The fourth-order valence-electron chi connectivity index (χ4n) is 2.94. The van der Waals surface area contributed by atoms with Crippen LogP contribution in [0, 0.1) is 6.92 Å². The van der Waals surface area contributed by atoms with Crippen LogP contribution in [0.25, 0.3) is 11.5 Å². The molecule has 0 radical (unpaired) electrons. The van der Waals surface area contributed by atoms with Crippen LogP contribution in [0.3, 0.4) is 0 Å². The molecular weight excluding hydrogens is 370 g/mol. The first-order valence-corrected chi connectivity index (χ1v) is 9.18. The Morgan fingerprint density at radius 2 is 1.66 bits per heavy atom. The Labute approximate surface area is 167 Å². The predicted molar refractivity (Wildman–Crippen MR) is 104 cm³/mol. The van der Waals surface area contributed by atoms with E-state index in [-0.39, 0.29) is 24.8 Å². The van der Waals surface area contributed by atoms with E-state index in [4.69, 9.17) is 8.83 Å². The third-order valence-corrected chi connectivity index (χ3v) is 4.36. The summed E-state index contributed by atoms with van der Waals surface area (Å²) in [6.07, 6.45) is 0.158. The van der Waals surface area contributed by atoms with Gasteiger partial charge in [-0.25, -0.2) is 0 Å². The number of carbonyl (C=O) groups excluding carboxylic acids is 1. The van der Waals surface area contributed by atoms with E-state index in [1.165, 1.54) is 0 Å². The Balaban J connectivity index is 1.42. The zero-order valence-corrected chi connectivity index (χ0v) is 15.8. The average molecular weight is 389 g/mol. The zero-order chi connectivity index (χ0) is 20.1. The van der Waals surface area contributed by atoms with E-state index in [2.05, 4.69) is 25.7 Å². The fraction of sp³-hybridized carbons (Fsp3) is 0.190. The Hall–Kier alpha value is -3.81. The number of nitrogens with one attached hydrogen (secondary N) is 1. The van der Waals surface area contributed by atoms with Crippen molar-refractivity contribution in [2.45, 2.75) is 25.8 Å². The number of aromatic nitrogens is 4. The molecular formula is C21H19N5O3. The van der Waals surface area contributed by atoms with Crippen molar-refractivity contribution in [3.05, 3.63) is 83.9 Å². The first-order chi connectivity index (χ1) is 14.2. The summed E-state index contributed by atoms with van der Waals surface area (Å²) in [6.45, 7) is 1.86. The molecule has 29 heavy (non-hydrogen) atoms. The largest absolute Gasteiger partial charge is 0.425 e. The summed E-state index contributed by atoms with van der Waals surface area (Å²) < 4.78 is 11.2. The molecule has 4 rings (SSSR count). The minimum Gasteiger partial charge on any atom is -0.425 e. The minimum atomic E-state index is -0.333. The van der Waals surface area contributed by atoms with E-state index in [0.29, 0.717) is 23.6 Å². The van der Waals surface area contributed by atoms with Gasteiger partial charge in [0.1, 0.15) is 0 Å². The smallest absolute Gasteiger partial charge is 0.247 e. The quantitative estimate of drug-likeness (QED) is 0.517. The summed E-state index contributed by atoms with van der Waals surface area (Å²) in [7, 11) is 0. The molecule has 0 saturated carbocycles. The van der Waals surface area contributed by atoms with Crippen molar-refractivity contribution in [1.82, 2.24) is 25.7 Å². The Kier molecular flexibility index (Phi) is 5.42. The molecule has 1 unspecified atom stereocenters. The van der Waals surface area contributed by atoms with E-state index in [9.17, 15) is 4.79 Å². The van der Waals surface area contributed by atoms with Gasteiger partial charge in [-0.15, -0.1) is 20.4 Å². The van der Waals surface area contributed by atoms with E-state index in [0.717, 1.165) is 11.1 Å². The normalized spacial score (nSPS) is 11.9. The van der Waals surface area contributed by atoms with E-state index in [1.807, 2.05) is 60.7 Å². The second-order valence-corrected chi connectivity index (χ2v) is 6.47. The van der Waals surface area contributed by atoms with Crippen LogP contribution in [0.2, 0.25) is 0 Å². The third-order valence-electron chi connectivity index (χ3n) is 4.36. The number of hydrogen-bond acceptors (Lipinski definition) is 7. The number of amides is 1. The van der Waals surface area contributed by atoms with Crippen LogP contribution in [-0.4, -0.2) is 26.3 Å². The second kappa shape index (κ2) is 8.47. The van der Waals surface area contributed by atoms with Crippen LogP contribution < -0.4 is 5.32 Å². The molecule has 0 aliphatic rings. The van der Waals surface area contributed by atoms with Gasteiger partial charge in [0.15, 0.2) is 0 Å². The zero-order valence-electron chi connectivity index (χ0n) is 15.8. The fourth-order valence-corrected chi connectivity index (χ4v) is 2.94. The predicted octanol–water partition coefficient (Wildman–Crippen LogP) is 3.27. The highest BCUT2D eigenvalue weighted by atomic mass is 16.4. The summed E-state index contributed by atoms with van der Waals surface area (Å²) in [6, 6.07) is 19.1. The lowest BCUT2D eigenvalue weighted by atomic mass is 9.95. The lowest BCUT2D eigenvalue weighted by Crippen LogP contribution is -2.25. The molecule has 4 aromatic rings. The standard InChI is InChI=1S/C21H19N5O3/c1-14-23-26-21(28-14)17(15-8-4-2-5-9-15)12-18(27)22-13-19-24-25-20(29-19)16-10-6-3-7-11-16/h2-11,17H,12-13H2,1H3,(H,22,27). The van der Waals surface area contributed by atoms with Crippen LogP contribution in [0.4, 0.5) is 0 Å². The van der Waals surface area contributed by atoms with Crippen molar-refractivity contribution in [2.24, 2.45) is 0 Å². The van der Waals surface area contributed by atoms with Crippen molar-refractivity contribution in [2.75, 3.05) is 0 Å². The number of carbonyl (C=O) groups is 1. The van der Waals surface area contributed by atoms with Gasteiger partial charge >= 0.3 is 0 Å². The lowest BCUT2D eigenvalue weighted by Gasteiger charge is -2.13. The van der Waals surface area contributed by atoms with Gasteiger partial charge in [0.25, 0.3) is 0 Å². The summed E-state index contributed by atoms with van der Waals surface area (Å²) >= 11 is 0. The van der Waals surface area contributed by atoms with E-state index < -0.39 is 0 Å². The SMILES string of the molecule is Cc1nnc(C(CC(=O)NCc2nnc(-c3ccccc3)o2)c2ccccc2)o1. The first-order valence-electron chi connectivity index (χ1n) is 9.18. The van der Waals surface area contributed by atoms with Crippen LogP contribution in [0.5, 0.6) is 0 Å². The molecule has 0 saturated heterocycles. The molecule has 2 aromatic heterocycles. The van der Waals surface area contributed by atoms with E-state index in [1.54, 1.807) is 6.92 Å². The second-order valence-electron chi connectivity index (χ2n) is 6.47. The maximum absolute atomic E-state index is 12.6. The molecule has 8 heteroatoms. The molecule has 0 fully saturated rings. The van der Waals surface area contributed by atoms with Crippen LogP contribution in [0.1, 0.15) is 35.6 Å². The average Bonchev–Trinajstić information content (AvgIpc) is 3.41. The van der Waals surface area contributed by atoms with Crippen molar-refractivity contribution in [3.8, 4) is 11.5 Å². The van der Waals surface area contributed by atoms with Crippen molar-refractivity contribution in [3.63, 3.8) is 0 Å². The van der Waals surface area contributed by atoms with Crippen molar-refractivity contribution in [1.29, 1.82) is 0 Å². The number of nitrogens with zero attached hydrogens (tertiary/aromatic N) is 4. The third kappa shape index (κ3) is 4.55. The first kappa shape index (κ1) is 18.5. The number of benzene rings is 2. The summed E-state index contributed by atoms with van der Waals surface area (Å²) in [5.74, 6) is 1.10. The summed E-state index contributed by atoms with van der Waals surface area (Å²) in [4.78, 5) is 12.6. The topological polar surface area (TPSA) is 107 Å². The monoisotopic (exact) mass is 389 g/mol. The molecule has 0 aliphatic heterocycles. The summed E-state index contributed by atoms with van der Waals surface area (Å²) in [5.41, 5.74) is 1.75. The number of aryl methyl sites for hydroxylation is 1.